The summed E-state index contributed by atoms with van der Waals surface area (Å²) in [6.45, 7) is 0.867. The zero-order valence-corrected chi connectivity index (χ0v) is 16.8. The molecule has 1 saturated heterocycles. The van der Waals surface area contributed by atoms with Crippen molar-refractivity contribution < 1.29 is 28.6 Å². The number of ether oxygens (including phenoxy) is 2. The number of methoxy groups -OCH3 is 2. The van der Waals surface area contributed by atoms with Crippen molar-refractivity contribution in [2.24, 2.45) is 0 Å². The molecule has 1 fully saturated rings. The molecular formula is C21H24N2O6. The van der Waals surface area contributed by atoms with Crippen molar-refractivity contribution in [2.75, 3.05) is 41.4 Å². The van der Waals surface area contributed by atoms with Crippen molar-refractivity contribution >= 4 is 17.4 Å². The van der Waals surface area contributed by atoms with Gasteiger partial charge in [-0.25, -0.2) is 0 Å². The van der Waals surface area contributed by atoms with Gasteiger partial charge < -0.3 is 28.8 Å². The van der Waals surface area contributed by atoms with Crippen LogP contribution >= 0.6 is 0 Å². The molecule has 0 saturated carbocycles. The maximum Gasteiger partial charge on any atom is 0.295 e. The van der Waals surface area contributed by atoms with Gasteiger partial charge in [-0.1, -0.05) is 0 Å². The molecule has 1 aromatic carbocycles. The lowest BCUT2D eigenvalue weighted by molar-refractivity contribution is -0.140. The third-order valence-corrected chi connectivity index (χ3v) is 4.80. The van der Waals surface area contributed by atoms with Gasteiger partial charge in [-0.05, 0) is 44.4 Å². The first kappa shape index (κ1) is 20.5. The van der Waals surface area contributed by atoms with Crippen LogP contribution in [-0.4, -0.2) is 68.0 Å². The predicted octanol–water partition coefficient (Wildman–Crippen LogP) is 2.28. The van der Waals surface area contributed by atoms with Gasteiger partial charge >= 0.3 is 0 Å². The predicted molar refractivity (Wildman–Crippen MR) is 106 cm³/mol. The molecular weight excluding hydrogens is 376 g/mol. The number of likely N-dealkylation sites (tertiary alicyclic amines) is 1. The standard InChI is InChI=1S/C21H24N2O6/c1-22(2)9-10-23-18(15-6-5-11-29-15)17(20(25)21(23)26)19(24)13-7-8-14(27-3)16(12-13)28-4/h5-8,11-12,18,24H,9-10H2,1-4H3. The molecule has 1 N–H and O–H groups in total. The van der Waals surface area contributed by atoms with E-state index < -0.39 is 17.7 Å². The molecule has 1 aromatic heterocycles. The fourth-order valence-electron chi connectivity index (χ4n) is 3.30. The van der Waals surface area contributed by atoms with Crippen LogP contribution in [0.5, 0.6) is 11.5 Å². The van der Waals surface area contributed by atoms with Gasteiger partial charge in [-0.2, -0.15) is 0 Å². The fourth-order valence-corrected chi connectivity index (χ4v) is 3.30. The van der Waals surface area contributed by atoms with Crippen LogP contribution in [-0.2, 0) is 9.59 Å². The molecule has 29 heavy (non-hydrogen) atoms. The van der Waals surface area contributed by atoms with E-state index in [9.17, 15) is 14.7 Å². The zero-order valence-electron chi connectivity index (χ0n) is 16.8. The van der Waals surface area contributed by atoms with Crippen molar-refractivity contribution in [1.29, 1.82) is 0 Å². The van der Waals surface area contributed by atoms with Crippen LogP contribution in [0.1, 0.15) is 17.4 Å². The maximum atomic E-state index is 12.8. The van der Waals surface area contributed by atoms with E-state index in [0.717, 1.165) is 0 Å². The van der Waals surface area contributed by atoms with Gasteiger partial charge in [-0.3, -0.25) is 9.59 Å². The van der Waals surface area contributed by atoms with Crippen molar-refractivity contribution in [2.45, 2.75) is 6.04 Å². The summed E-state index contributed by atoms with van der Waals surface area (Å²) in [6.07, 6.45) is 1.47. The number of carbonyl (C=O) groups is 2. The second-order valence-electron chi connectivity index (χ2n) is 6.88. The Labute approximate surface area is 168 Å². The number of aliphatic hydroxyl groups is 1. The minimum atomic E-state index is -0.807. The van der Waals surface area contributed by atoms with Crippen LogP contribution in [0, 0.1) is 0 Å². The topological polar surface area (TPSA) is 92.5 Å². The van der Waals surface area contributed by atoms with Crippen LogP contribution in [0.4, 0.5) is 0 Å². The van der Waals surface area contributed by atoms with Crippen LogP contribution in [0.25, 0.3) is 5.76 Å². The van der Waals surface area contributed by atoms with Gasteiger partial charge in [0, 0.05) is 18.7 Å². The van der Waals surface area contributed by atoms with Crippen LogP contribution < -0.4 is 9.47 Å². The summed E-state index contributed by atoms with van der Waals surface area (Å²) in [5.74, 6) is -0.429. The Balaban J connectivity index is 2.11. The maximum absolute atomic E-state index is 12.8. The fraction of sp³-hybridized carbons (Fsp3) is 0.333. The van der Waals surface area contributed by atoms with Gasteiger partial charge in [0.15, 0.2) is 11.5 Å². The highest BCUT2D eigenvalue weighted by Crippen LogP contribution is 2.40. The number of benzene rings is 1. The van der Waals surface area contributed by atoms with Crippen molar-refractivity contribution in [3.8, 4) is 11.5 Å². The number of hydrogen-bond donors (Lipinski definition) is 1. The lowest BCUT2D eigenvalue weighted by Gasteiger charge is -2.24. The van der Waals surface area contributed by atoms with Gasteiger partial charge in [0.25, 0.3) is 11.7 Å². The average molecular weight is 400 g/mol. The van der Waals surface area contributed by atoms with E-state index in [0.29, 0.717) is 35.9 Å². The van der Waals surface area contributed by atoms with Gasteiger partial charge in [0.2, 0.25) is 0 Å². The van der Waals surface area contributed by atoms with E-state index >= 15 is 0 Å². The minimum Gasteiger partial charge on any atom is -0.507 e. The molecule has 0 aliphatic carbocycles. The number of nitrogens with zero attached hydrogens (tertiary/aromatic N) is 2. The molecule has 0 spiro atoms. The summed E-state index contributed by atoms with van der Waals surface area (Å²) >= 11 is 0. The quantitative estimate of drug-likeness (QED) is 0.433. The Bertz CT molecular complexity index is 933. The van der Waals surface area contributed by atoms with Crippen LogP contribution in [0.3, 0.4) is 0 Å². The summed E-state index contributed by atoms with van der Waals surface area (Å²) in [7, 11) is 6.74. The smallest absolute Gasteiger partial charge is 0.295 e. The molecule has 2 aromatic rings. The molecule has 2 heterocycles. The number of Topliss-reactive ketones (excluding diaryl/α,β-unsaturated/α-hetero) is 1. The Morgan fingerprint density at radius 1 is 1.17 bits per heavy atom. The molecule has 1 unspecified atom stereocenters. The molecule has 1 aliphatic rings. The van der Waals surface area contributed by atoms with E-state index in [1.54, 1.807) is 30.3 Å². The Morgan fingerprint density at radius 3 is 2.48 bits per heavy atom. The second-order valence-corrected chi connectivity index (χ2v) is 6.88. The molecule has 1 amide bonds. The number of carbonyl (C=O) groups excluding carboxylic acids is 2. The number of furan rings is 1. The highest BCUT2D eigenvalue weighted by atomic mass is 16.5. The molecule has 0 bridgehead atoms. The summed E-state index contributed by atoms with van der Waals surface area (Å²) < 4.78 is 16.0. The number of aliphatic hydroxyl groups excluding tert-OH is 1. The molecule has 0 radical (unpaired) electrons. The van der Waals surface area contributed by atoms with Crippen molar-refractivity contribution in [3.63, 3.8) is 0 Å². The average Bonchev–Trinajstić information content (AvgIpc) is 3.32. The van der Waals surface area contributed by atoms with Gasteiger partial charge in [0.1, 0.15) is 17.6 Å². The lowest BCUT2D eigenvalue weighted by atomic mass is 9.99. The monoisotopic (exact) mass is 400 g/mol. The first-order valence-corrected chi connectivity index (χ1v) is 9.08. The molecule has 154 valence electrons. The molecule has 8 heteroatoms. The Hall–Kier alpha value is -3.26. The highest BCUT2D eigenvalue weighted by molar-refractivity contribution is 6.46. The van der Waals surface area contributed by atoms with E-state index in [-0.39, 0.29) is 11.3 Å². The van der Waals surface area contributed by atoms with E-state index in [4.69, 9.17) is 13.9 Å². The summed E-state index contributed by atoms with van der Waals surface area (Å²) in [5, 5.41) is 11.0. The first-order valence-electron chi connectivity index (χ1n) is 9.08. The van der Waals surface area contributed by atoms with Gasteiger partial charge in [0.05, 0.1) is 26.1 Å². The highest BCUT2D eigenvalue weighted by Gasteiger charge is 2.47. The Kier molecular flexibility index (Phi) is 5.93. The molecule has 1 aliphatic heterocycles. The summed E-state index contributed by atoms with van der Waals surface area (Å²) in [5.41, 5.74) is 0.320. The SMILES string of the molecule is COc1ccc(C(O)=C2C(=O)C(=O)N(CCN(C)C)C2c2ccco2)cc1OC. The number of hydrogen-bond acceptors (Lipinski definition) is 7. The normalized spacial score (nSPS) is 18.5. The van der Waals surface area contributed by atoms with E-state index in [1.165, 1.54) is 25.4 Å². The largest absolute Gasteiger partial charge is 0.507 e. The van der Waals surface area contributed by atoms with Crippen LogP contribution in [0.15, 0.2) is 46.6 Å². The number of ketones is 1. The summed E-state index contributed by atoms with van der Waals surface area (Å²) in [4.78, 5) is 28.9. The van der Waals surface area contributed by atoms with Crippen molar-refractivity contribution in [3.05, 3.63) is 53.5 Å². The minimum absolute atomic E-state index is 0.0177. The van der Waals surface area contributed by atoms with Gasteiger partial charge in [-0.15, -0.1) is 0 Å². The second kappa shape index (κ2) is 8.40. The third-order valence-electron chi connectivity index (χ3n) is 4.80. The summed E-state index contributed by atoms with van der Waals surface area (Å²) in [6, 6.07) is 7.33. The first-order chi connectivity index (χ1) is 13.9. The van der Waals surface area contributed by atoms with E-state index in [1.807, 2.05) is 19.0 Å². The zero-order chi connectivity index (χ0) is 21.1. The van der Waals surface area contributed by atoms with E-state index in [2.05, 4.69) is 0 Å². The number of rotatable bonds is 7. The number of likely N-dealkylation sites (N-methyl/N-ethyl adjacent to an activating group) is 1. The molecule has 1 atom stereocenters. The molecule has 3 rings (SSSR count). The van der Waals surface area contributed by atoms with Crippen molar-refractivity contribution in [1.82, 2.24) is 9.80 Å². The van der Waals surface area contributed by atoms with Crippen LogP contribution in [0.2, 0.25) is 0 Å². The number of amides is 1. The third kappa shape index (κ3) is 3.84. The molecule has 8 nitrogen and oxygen atoms in total. The lowest BCUT2D eigenvalue weighted by Crippen LogP contribution is -2.35. The Morgan fingerprint density at radius 2 is 1.90 bits per heavy atom.